The molecule has 7 heteroatoms. The second-order valence-electron chi connectivity index (χ2n) is 7.24. The van der Waals surface area contributed by atoms with Crippen LogP contribution in [0.25, 0.3) is 0 Å². The zero-order chi connectivity index (χ0) is 20.4. The largest absolute Gasteiger partial charge is 0.382 e. The van der Waals surface area contributed by atoms with Gasteiger partial charge in [0.15, 0.2) is 5.96 Å². The van der Waals surface area contributed by atoms with Crippen LogP contribution in [0.4, 0.5) is 0 Å². The number of guanidine groups is 1. The molecule has 1 N–H and O–H groups in total. The van der Waals surface area contributed by atoms with Crippen LogP contribution in [-0.4, -0.2) is 82.3 Å². The second kappa shape index (κ2) is 11.7. The fourth-order valence-corrected chi connectivity index (χ4v) is 3.16. The number of likely N-dealkylation sites (tertiary alicyclic amines) is 1. The van der Waals surface area contributed by atoms with E-state index in [0.717, 1.165) is 44.2 Å². The summed E-state index contributed by atoms with van der Waals surface area (Å²) in [6.45, 7) is 7.49. The van der Waals surface area contributed by atoms with Crippen molar-refractivity contribution < 1.29 is 14.3 Å². The van der Waals surface area contributed by atoms with Crippen molar-refractivity contribution in [1.29, 1.82) is 0 Å². The van der Waals surface area contributed by atoms with Gasteiger partial charge in [0, 0.05) is 52.3 Å². The zero-order valence-electron chi connectivity index (χ0n) is 17.6. The van der Waals surface area contributed by atoms with Crippen molar-refractivity contribution in [2.75, 3.05) is 60.7 Å². The van der Waals surface area contributed by atoms with Crippen molar-refractivity contribution in [2.45, 2.75) is 19.9 Å². The molecule has 1 atom stereocenters. The lowest BCUT2D eigenvalue weighted by Crippen LogP contribution is -2.40. The summed E-state index contributed by atoms with van der Waals surface area (Å²) < 4.78 is 10.7. The maximum atomic E-state index is 12.0. The van der Waals surface area contributed by atoms with Crippen LogP contribution in [0, 0.1) is 5.92 Å². The lowest BCUT2D eigenvalue weighted by molar-refractivity contribution is 0.0536. The van der Waals surface area contributed by atoms with Crippen molar-refractivity contribution >= 4 is 11.9 Å². The number of aliphatic imine (C=N–C) groups is 1. The first-order valence-corrected chi connectivity index (χ1v) is 9.95. The minimum atomic E-state index is 0.0132. The number of carbonyl (C=O) groups is 1. The average molecular weight is 391 g/mol. The highest BCUT2D eigenvalue weighted by Crippen LogP contribution is 2.17. The Hall–Kier alpha value is -2.12. The van der Waals surface area contributed by atoms with Gasteiger partial charge in [-0.05, 0) is 31.0 Å². The number of nitrogens with zero attached hydrogens (tertiary/aromatic N) is 3. The van der Waals surface area contributed by atoms with Crippen LogP contribution in [0.3, 0.4) is 0 Å². The van der Waals surface area contributed by atoms with Crippen LogP contribution < -0.4 is 5.32 Å². The van der Waals surface area contributed by atoms with E-state index >= 15 is 0 Å². The van der Waals surface area contributed by atoms with E-state index in [0.29, 0.717) is 31.2 Å². The molecule has 156 valence electrons. The summed E-state index contributed by atoms with van der Waals surface area (Å²) in [5.74, 6) is 1.48. The third-order valence-electron chi connectivity index (χ3n) is 4.72. The monoisotopic (exact) mass is 390 g/mol. The third-order valence-corrected chi connectivity index (χ3v) is 4.72. The van der Waals surface area contributed by atoms with Gasteiger partial charge in [-0.1, -0.05) is 12.1 Å². The number of benzene rings is 1. The molecule has 1 aromatic carbocycles. The Balaban J connectivity index is 1.91. The van der Waals surface area contributed by atoms with Gasteiger partial charge in [-0.3, -0.25) is 4.79 Å². The molecule has 0 aromatic heterocycles. The SMILES string of the molecule is CCNC(=NCc1ccc(C(=O)N(C)C)cc1)N1CCC(COCCOC)C1. The predicted octanol–water partition coefficient (Wildman–Crippen LogP) is 1.84. The Morgan fingerprint density at radius 2 is 2.04 bits per heavy atom. The molecule has 1 amide bonds. The molecule has 0 radical (unpaired) electrons. The third kappa shape index (κ3) is 6.80. The van der Waals surface area contributed by atoms with Crippen LogP contribution in [0.5, 0.6) is 0 Å². The molecule has 28 heavy (non-hydrogen) atoms. The minimum Gasteiger partial charge on any atom is -0.382 e. The molecule has 1 heterocycles. The summed E-state index contributed by atoms with van der Waals surface area (Å²) in [5, 5.41) is 3.39. The molecule has 0 spiro atoms. The number of hydrogen-bond donors (Lipinski definition) is 1. The summed E-state index contributed by atoms with van der Waals surface area (Å²) in [6, 6.07) is 7.67. The van der Waals surface area contributed by atoms with Crippen LogP contribution in [0.1, 0.15) is 29.3 Å². The molecule has 2 rings (SSSR count). The van der Waals surface area contributed by atoms with Crippen LogP contribution in [-0.2, 0) is 16.0 Å². The number of amides is 1. The first kappa shape index (κ1) is 22.2. The molecule has 1 fully saturated rings. The molecular formula is C21H34N4O3. The van der Waals surface area contributed by atoms with Crippen LogP contribution >= 0.6 is 0 Å². The van der Waals surface area contributed by atoms with E-state index in [1.807, 2.05) is 24.3 Å². The lowest BCUT2D eigenvalue weighted by atomic mass is 10.1. The molecule has 1 aliphatic heterocycles. The number of rotatable bonds is 9. The number of carbonyl (C=O) groups excluding carboxylic acids is 1. The summed E-state index contributed by atoms with van der Waals surface area (Å²) >= 11 is 0. The van der Waals surface area contributed by atoms with Gasteiger partial charge in [0.05, 0.1) is 26.4 Å². The molecule has 1 saturated heterocycles. The van der Waals surface area contributed by atoms with Crippen molar-refractivity contribution in [1.82, 2.24) is 15.1 Å². The van der Waals surface area contributed by atoms with Crippen LogP contribution in [0.2, 0.25) is 0 Å². The van der Waals surface area contributed by atoms with Gasteiger partial charge in [-0.15, -0.1) is 0 Å². The fraction of sp³-hybridized carbons (Fsp3) is 0.619. The summed E-state index contributed by atoms with van der Waals surface area (Å²) in [7, 11) is 5.21. The number of nitrogens with one attached hydrogen (secondary N) is 1. The van der Waals surface area contributed by atoms with Gasteiger partial charge in [0.2, 0.25) is 0 Å². The Morgan fingerprint density at radius 3 is 2.68 bits per heavy atom. The average Bonchev–Trinajstić information content (AvgIpc) is 3.17. The molecule has 0 bridgehead atoms. The zero-order valence-corrected chi connectivity index (χ0v) is 17.6. The van der Waals surface area contributed by atoms with Crippen molar-refractivity contribution in [3.63, 3.8) is 0 Å². The van der Waals surface area contributed by atoms with Crippen LogP contribution in [0.15, 0.2) is 29.3 Å². The van der Waals surface area contributed by atoms with Gasteiger partial charge in [0.1, 0.15) is 0 Å². The van der Waals surface area contributed by atoms with E-state index in [1.54, 1.807) is 26.1 Å². The molecule has 1 aliphatic rings. The topological polar surface area (TPSA) is 66.4 Å². The first-order valence-electron chi connectivity index (χ1n) is 9.95. The number of hydrogen-bond acceptors (Lipinski definition) is 4. The maximum Gasteiger partial charge on any atom is 0.253 e. The minimum absolute atomic E-state index is 0.0132. The van der Waals surface area contributed by atoms with E-state index in [9.17, 15) is 4.79 Å². The molecule has 0 aliphatic carbocycles. The summed E-state index contributed by atoms with van der Waals surface area (Å²) in [5.41, 5.74) is 1.78. The van der Waals surface area contributed by atoms with Gasteiger partial charge in [0.25, 0.3) is 5.91 Å². The van der Waals surface area contributed by atoms with Gasteiger partial charge in [-0.25, -0.2) is 4.99 Å². The Morgan fingerprint density at radius 1 is 1.29 bits per heavy atom. The Bertz CT molecular complexity index is 631. The second-order valence-corrected chi connectivity index (χ2v) is 7.24. The standard InChI is InChI=1S/C21H34N4O3/c1-5-22-21(25-11-10-18(15-25)16-28-13-12-27-4)23-14-17-6-8-19(9-7-17)20(26)24(2)3/h6-9,18H,5,10-16H2,1-4H3,(H,22,23). The molecular weight excluding hydrogens is 356 g/mol. The van der Waals surface area contributed by atoms with Crippen molar-refractivity contribution in [2.24, 2.45) is 10.9 Å². The van der Waals surface area contributed by atoms with E-state index < -0.39 is 0 Å². The normalized spacial score (nSPS) is 17.1. The smallest absolute Gasteiger partial charge is 0.253 e. The molecule has 1 aromatic rings. The fourth-order valence-electron chi connectivity index (χ4n) is 3.16. The Labute approximate surface area is 168 Å². The molecule has 1 unspecified atom stereocenters. The quantitative estimate of drug-likeness (QED) is 0.396. The van der Waals surface area contributed by atoms with Crippen molar-refractivity contribution in [3.05, 3.63) is 35.4 Å². The number of methoxy groups -OCH3 is 1. The van der Waals surface area contributed by atoms with E-state index in [1.165, 1.54) is 0 Å². The van der Waals surface area contributed by atoms with Gasteiger partial charge >= 0.3 is 0 Å². The summed E-state index contributed by atoms with van der Waals surface area (Å²) in [4.78, 5) is 20.7. The van der Waals surface area contributed by atoms with E-state index in [-0.39, 0.29) is 5.91 Å². The van der Waals surface area contributed by atoms with Gasteiger partial charge < -0.3 is 24.6 Å². The number of ether oxygens (including phenoxy) is 2. The lowest BCUT2D eigenvalue weighted by Gasteiger charge is -2.21. The highest BCUT2D eigenvalue weighted by molar-refractivity contribution is 5.93. The molecule has 7 nitrogen and oxygen atoms in total. The van der Waals surface area contributed by atoms with E-state index in [4.69, 9.17) is 14.5 Å². The van der Waals surface area contributed by atoms with E-state index in [2.05, 4.69) is 17.1 Å². The highest BCUT2D eigenvalue weighted by atomic mass is 16.5. The first-order chi connectivity index (χ1) is 13.5. The van der Waals surface area contributed by atoms with Crippen molar-refractivity contribution in [3.8, 4) is 0 Å². The Kier molecular flexibility index (Phi) is 9.23. The maximum absolute atomic E-state index is 12.0. The summed E-state index contributed by atoms with van der Waals surface area (Å²) in [6.07, 6.45) is 1.11. The highest BCUT2D eigenvalue weighted by Gasteiger charge is 2.24. The predicted molar refractivity (Wildman–Crippen MR) is 112 cm³/mol. The molecule has 0 saturated carbocycles. The van der Waals surface area contributed by atoms with Gasteiger partial charge in [-0.2, -0.15) is 0 Å².